The molecule has 0 spiro atoms. The highest BCUT2D eigenvalue weighted by Crippen LogP contribution is 2.22. The van der Waals surface area contributed by atoms with Crippen LogP contribution < -0.4 is 10.0 Å². The molecule has 0 aliphatic carbocycles. The first-order valence-corrected chi connectivity index (χ1v) is 9.97. The predicted molar refractivity (Wildman–Crippen MR) is 105 cm³/mol. The smallest absolute Gasteiger partial charge is 0.240 e. The first-order chi connectivity index (χ1) is 12.1. The fourth-order valence-corrected chi connectivity index (χ4v) is 4.15. The zero-order chi connectivity index (χ0) is 17.7. The number of halogens is 1. The maximum atomic E-state index is 12.5. The maximum Gasteiger partial charge on any atom is 0.240 e. The number of ether oxygens (including phenoxy) is 1. The van der Waals surface area contributed by atoms with Crippen molar-refractivity contribution in [2.45, 2.75) is 23.8 Å². The number of fused-ring (bicyclic) bond motifs is 1. The van der Waals surface area contributed by atoms with Gasteiger partial charge in [-0.2, -0.15) is 0 Å². The van der Waals surface area contributed by atoms with Gasteiger partial charge in [0.15, 0.2) is 0 Å². The monoisotopic (exact) mass is 396 g/mol. The van der Waals surface area contributed by atoms with Gasteiger partial charge in [0.2, 0.25) is 10.0 Å². The largest absolute Gasteiger partial charge is 0.384 e. The lowest BCUT2D eigenvalue weighted by Crippen LogP contribution is -2.38. The third kappa shape index (κ3) is 5.05. The van der Waals surface area contributed by atoms with E-state index in [2.05, 4.69) is 22.2 Å². The number of methoxy groups -OCH3 is 1. The average molecular weight is 397 g/mol. The highest BCUT2D eigenvalue weighted by molar-refractivity contribution is 7.89. The van der Waals surface area contributed by atoms with Crippen LogP contribution in [0.2, 0.25) is 0 Å². The Balaban J connectivity index is 0.00000243. The van der Waals surface area contributed by atoms with Crippen LogP contribution in [0, 0.1) is 0 Å². The Morgan fingerprint density at radius 1 is 1.15 bits per heavy atom. The lowest BCUT2D eigenvalue weighted by Gasteiger charge is -2.27. The van der Waals surface area contributed by atoms with Gasteiger partial charge >= 0.3 is 0 Å². The molecule has 5 nitrogen and oxygen atoms in total. The zero-order valence-corrected chi connectivity index (χ0v) is 16.4. The molecule has 3 rings (SSSR count). The van der Waals surface area contributed by atoms with Gasteiger partial charge in [0, 0.05) is 19.7 Å². The maximum absolute atomic E-state index is 12.5. The van der Waals surface area contributed by atoms with Gasteiger partial charge in [0.1, 0.15) is 0 Å². The normalized spacial score (nSPS) is 16.6. The third-order valence-electron chi connectivity index (χ3n) is 4.52. The standard InChI is InChI=1S/C19H24N2O3S.ClH/c1-24-13-11-15-6-8-17(9-7-15)25(22,23)21-14-19-18-5-3-2-4-16(18)10-12-20-19;/h2-9,19-21H,10-14H2,1H3;1H. The molecule has 1 unspecified atom stereocenters. The Morgan fingerprint density at radius 3 is 2.62 bits per heavy atom. The molecule has 1 aliphatic heterocycles. The minimum Gasteiger partial charge on any atom is -0.384 e. The van der Waals surface area contributed by atoms with Crippen molar-refractivity contribution in [3.63, 3.8) is 0 Å². The number of sulfonamides is 1. The van der Waals surface area contributed by atoms with Crippen molar-refractivity contribution in [2.75, 3.05) is 26.8 Å². The van der Waals surface area contributed by atoms with Crippen LogP contribution in [0.15, 0.2) is 53.4 Å². The summed E-state index contributed by atoms with van der Waals surface area (Å²) in [6, 6.07) is 15.2. The van der Waals surface area contributed by atoms with E-state index >= 15 is 0 Å². The molecule has 1 atom stereocenters. The van der Waals surface area contributed by atoms with E-state index < -0.39 is 10.0 Å². The Hall–Kier alpha value is -1.44. The molecule has 1 aliphatic rings. The van der Waals surface area contributed by atoms with Crippen molar-refractivity contribution in [2.24, 2.45) is 0 Å². The van der Waals surface area contributed by atoms with E-state index in [-0.39, 0.29) is 23.3 Å². The molecule has 7 heteroatoms. The summed E-state index contributed by atoms with van der Waals surface area (Å²) in [4.78, 5) is 0.290. The first-order valence-electron chi connectivity index (χ1n) is 8.49. The third-order valence-corrected chi connectivity index (χ3v) is 5.96. The van der Waals surface area contributed by atoms with Crippen LogP contribution in [0.25, 0.3) is 0 Å². The molecule has 0 saturated heterocycles. The van der Waals surface area contributed by atoms with Crippen molar-refractivity contribution < 1.29 is 13.2 Å². The van der Waals surface area contributed by atoms with E-state index in [1.54, 1.807) is 19.2 Å². The second kappa shape index (κ2) is 9.48. The van der Waals surface area contributed by atoms with Crippen LogP contribution in [-0.4, -0.2) is 35.2 Å². The molecule has 0 fully saturated rings. The fraction of sp³-hybridized carbons (Fsp3) is 0.368. The first kappa shape index (κ1) is 20.9. The Bertz CT molecular complexity index is 810. The summed E-state index contributed by atoms with van der Waals surface area (Å²) in [5.74, 6) is 0. The molecule has 0 bridgehead atoms. The van der Waals surface area contributed by atoms with E-state index in [0.29, 0.717) is 13.2 Å². The zero-order valence-electron chi connectivity index (χ0n) is 14.8. The van der Waals surface area contributed by atoms with Crippen LogP contribution in [0.1, 0.15) is 22.7 Å². The van der Waals surface area contributed by atoms with E-state index in [9.17, 15) is 8.42 Å². The molecule has 142 valence electrons. The lowest BCUT2D eigenvalue weighted by molar-refractivity contribution is 0.202. The quantitative estimate of drug-likeness (QED) is 0.754. The van der Waals surface area contributed by atoms with E-state index in [0.717, 1.165) is 24.9 Å². The second-order valence-corrected chi connectivity index (χ2v) is 7.96. The van der Waals surface area contributed by atoms with Gasteiger partial charge in [0.25, 0.3) is 0 Å². The summed E-state index contributed by atoms with van der Waals surface area (Å²) in [5.41, 5.74) is 3.52. The van der Waals surface area contributed by atoms with Crippen molar-refractivity contribution in [1.29, 1.82) is 0 Å². The summed E-state index contributed by atoms with van der Waals surface area (Å²) >= 11 is 0. The molecule has 2 N–H and O–H groups in total. The Kier molecular flexibility index (Phi) is 7.61. The van der Waals surface area contributed by atoms with Crippen LogP contribution in [0.4, 0.5) is 0 Å². The Morgan fingerprint density at radius 2 is 1.88 bits per heavy atom. The Labute approximate surface area is 161 Å². The van der Waals surface area contributed by atoms with Crippen LogP contribution >= 0.6 is 12.4 Å². The average Bonchev–Trinajstić information content (AvgIpc) is 2.65. The summed E-state index contributed by atoms with van der Waals surface area (Å²) in [7, 11) is -1.87. The molecule has 26 heavy (non-hydrogen) atoms. The van der Waals surface area contributed by atoms with Gasteiger partial charge in [-0.3, -0.25) is 0 Å². The van der Waals surface area contributed by atoms with Crippen molar-refractivity contribution >= 4 is 22.4 Å². The lowest BCUT2D eigenvalue weighted by atomic mass is 9.95. The van der Waals surface area contributed by atoms with Crippen LogP contribution in [-0.2, 0) is 27.6 Å². The second-order valence-electron chi connectivity index (χ2n) is 6.19. The molecule has 0 radical (unpaired) electrons. The number of hydrogen-bond acceptors (Lipinski definition) is 4. The number of hydrogen-bond donors (Lipinski definition) is 2. The summed E-state index contributed by atoms with van der Waals surface area (Å²) < 4.78 is 32.9. The number of nitrogens with one attached hydrogen (secondary N) is 2. The minimum atomic E-state index is -3.52. The highest BCUT2D eigenvalue weighted by Gasteiger charge is 2.22. The highest BCUT2D eigenvalue weighted by atomic mass is 35.5. The molecule has 0 saturated carbocycles. The number of benzene rings is 2. The SMILES string of the molecule is COCCc1ccc(S(=O)(=O)NCC2NCCc3ccccc32)cc1.Cl. The molecular formula is C19H25ClN2O3S. The van der Waals surface area contributed by atoms with E-state index in [1.807, 2.05) is 24.3 Å². The van der Waals surface area contributed by atoms with Crippen molar-refractivity contribution in [3.05, 3.63) is 65.2 Å². The molecule has 1 heterocycles. The van der Waals surface area contributed by atoms with Gasteiger partial charge in [-0.1, -0.05) is 36.4 Å². The van der Waals surface area contributed by atoms with Gasteiger partial charge in [0.05, 0.1) is 11.5 Å². The molecule has 0 aromatic heterocycles. The van der Waals surface area contributed by atoms with Gasteiger partial charge < -0.3 is 10.1 Å². The van der Waals surface area contributed by atoms with Gasteiger partial charge in [-0.25, -0.2) is 13.1 Å². The van der Waals surface area contributed by atoms with Crippen molar-refractivity contribution in [1.82, 2.24) is 10.0 Å². The molecule has 0 amide bonds. The minimum absolute atomic E-state index is 0. The molecule has 2 aromatic carbocycles. The fourth-order valence-electron chi connectivity index (χ4n) is 3.11. The topological polar surface area (TPSA) is 67.4 Å². The summed E-state index contributed by atoms with van der Waals surface area (Å²) in [6.07, 6.45) is 1.75. The van der Waals surface area contributed by atoms with Gasteiger partial charge in [-0.15, -0.1) is 12.4 Å². The number of rotatable bonds is 7. The molecular weight excluding hydrogens is 372 g/mol. The van der Waals surface area contributed by atoms with Crippen LogP contribution in [0.3, 0.4) is 0 Å². The van der Waals surface area contributed by atoms with Crippen molar-refractivity contribution in [3.8, 4) is 0 Å². The van der Waals surface area contributed by atoms with E-state index in [1.165, 1.54) is 11.1 Å². The van der Waals surface area contributed by atoms with Crippen LogP contribution in [0.5, 0.6) is 0 Å². The summed E-state index contributed by atoms with van der Waals surface area (Å²) in [6.45, 7) is 1.82. The van der Waals surface area contributed by atoms with E-state index in [4.69, 9.17) is 4.74 Å². The predicted octanol–water partition coefficient (Wildman–Crippen LogP) is 2.46. The van der Waals surface area contributed by atoms with Gasteiger partial charge in [-0.05, 0) is 48.2 Å². The summed E-state index contributed by atoms with van der Waals surface area (Å²) in [5, 5.41) is 3.39. The molecule has 2 aromatic rings.